The van der Waals surface area contributed by atoms with Gasteiger partial charge in [-0.2, -0.15) is 0 Å². The number of unbranched alkanes of at least 4 members (excludes halogenated alkanes) is 4. The molecule has 0 rings (SSSR count). The van der Waals surface area contributed by atoms with Gasteiger partial charge in [0.1, 0.15) is 5.78 Å². The largest absolute Gasteiger partial charge is 0.409 e. The molecule has 0 aliphatic rings. The Balaban J connectivity index is -0.000000433. The van der Waals surface area contributed by atoms with E-state index in [4.69, 9.17) is 43.4 Å². The predicted molar refractivity (Wildman–Crippen MR) is 225 cm³/mol. The molecule has 59 heavy (non-hydrogen) atoms. The van der Waals surface area contributed by atoms with Crippen LogP contribution in [0.3, 0.4) is 0 Å². The van der Waals surface area contributed by atoms with E-state index in [1.165, 1.54) is 4.90 Å². The number of primary amides is 2. The standard InChI is InChI=1S/C19H34BN5O5.C9H16BN3O3.C5H8B2N2O2.C2H6/c1-15(26)8-4-2-6-10-22-18(29)13-25(12-16(21)27)14-19(30)23-11-7-3-5-9-17(28)24-20;10-13-9(16)5-1-4-8(15)12-6-2-3-7(11)14;6-8-4(10)2-1-3-5(11)9-7;1-2/h2-14H2,1H3,(H2,21,27)(H,22,29)(H,23,30)(H,24,28);1-6H2,(H2,11,14)(H,12,15)(H,13,16);1-3H2,(H,8,10)(H,9,11);1-2H3. The minimum Gasteiger partial charge on any atom is -0.409 e. The third-order valence-corrected chi connectivity index (χ3v) is 7.23. The number of Topliss-reactive ketones (excluding diaryl/α,β-unsaturated/α-hetero) is 1. The van der Waals surface area contributed by atoms with Crippen LogP contribution in [0.25, 0.3) is 0 Å². The zero-order valence-corrected chi connectivity index (χ0v) is 35.1. The number of rotatable bonds is 30. The Kier molecular flexibility index (Phi) is 45.6. The van der Waals surface area contributed by atoms with Gasteiger partial charge >= 0.3 is 0 Å². The molecule has 0 aliphatic carbocycles. The second kappa shape index (κ2) is 44.2. The van der Waals surface area contributed by atoms with Crippen molar-refractivity contribution in [3.05, 3.63) is 0 Å². The normalized spacial score (nSPS) is 9.63. The molecule has 11 N–H and O–H groups in total. The molecule has 0 aliphatic heterocycles. The molecule has 0 aromatic carbocycles. The molecule has 0 atom stereocenters. The fraction of sp³-hybridized carbons (Fsp3) is 0.714. The van der Waals surface area contributed by atoms with Gasteiger partial charge in [0.15, 0.2) is 0 Å². The molecule has 0 heterocycles. The van der Waals surface area contributed by atoms with Crippen molar-refractivity contribution < 1.29 is 47.9 Å². The zero-order chi connectivity index (χ0) is 45.9. The van der Waals surface area contributed by atoms with Crippen molar-refractivity contribution in [2.24, 2.45) is 11.5 Å². The molecule has 0 saturated heterocycles. The summed E-state index contributed by atoms with van der Waals surface area (Å²) in [7, 11) is 19.5. The first-order valence-electron chi connectivity index (χ1n) is 19.6. The third kappa shape index (κ3) is 51.1. The number of amides is 9. The summed E-state index contributed by atoms with van der Waals surface area (Å²) in [6.45, 7) is 6.44. The molecular formula is C35H64B4N10O10. The van der Waals surface area contributed by atoms with Crippen molar-refractivity contribution >= 4 is 90.9 Å². The molecule has 0 aromatic rings. The molecule has 24 heteroatoms. The number of ketones is 1. The Hall–Kier alpha value is -4.88. The molecule has 20 nitrogen and oxygen atoms in total. The molecule has 326 valence electrons. The monoisotopic (exact) mass is 829 g/mol. The Bertz CT molecular complexity index is 1240. The highest BCUT2D eigenvalue weighted by molar-refractivity contribution is 6.15. The molecule has 0 fully saturated rings. The van der Waals surface area contributed by atoms with Crippen LogP contribution in [0, 0.1) is 0 Å². The molecule has 9 amide bonds. The van der Waals surface area contributed by atoms with Crippen LogP contribution in [0.1, 0.15) is 124 Å². The fourth-order valence-corrected chi connectivity index (χ4v) is 4.31. The summed E-state index contributed by atoms with van der Waals surface area (Å²) in [5.41, 5.74) is 10.1. The number of hydrogen-bond donors (Lipinski definition) is 9. The quantitative estimate of drug-likeness (QED) is 0.0264. The summed E-state index contributed by atoms with van der Waals surface area (Å²) in [5.74, 6) is -2.69. The smallest absolute Gasteiger partial charge is 0.234 e. The van der Waals surface area contributed by atoms with Crippen molar-refractivity contribution in [3.8, 4) is 0 Å². The van der Waals surface area contributed by atoms with Gasteiger partial charge in [-0.1, -0.05) is 26.7 Å². The number of nitrogens with two attached hydrogens (primary N) is 2. The average molecular weight is 828 g/mol. The van der Waals surface area contributed by atoms with Crippen LogP contribution in [0.15, 0.2) is 0 Å². The van der Waals surface area contributed by atoms with E-state index < -0.39 is 5.91 Å². The first-order valence-corrected chi connectivity index (χ1v) is 19.6. The SMILES string of the molecule is CC.[B]NC(=O)CCCC(=O)NCCCC(N)=O.[B]NC(=O)CCCC(=O)N[B].[B]NC(=O)CCCCCNC(=O)CN(CC(N)=O)CC(=O)NCCCCCC(C)=O. The predicted octanol–water partition coefficient (Wildman–Crippen LogP) is -2.76. The Morgan fingerprint density at radius 2 is 0.729 bits per heavy atom. The molecule has 0 spiro atoms. The van der Waals surface area contributed by atoms with Crippen LogP contribution in [0.5, 0.6) is 0 Å². The second-order valence-corrected chi connectivity index (χ2v) is 12.5. The summed E-state index contributed by atoms with van der Waals surface area (Å²) >= 11 is 0. The number of nitrogens with zero attached hydrogens (tertiary/aromatic N) is 1. The Morgan fingerprint density at radius 1 is 0.390 bits per heavy atom. The summed E-state index contributed by atoms with van der Waals surface area (Å²) < 4.78 is 0. The molecule has 0 aromatic heterocycles. The maximum Gasteiger partial charge on any atom is 0.234 e. The average Bonchev–Trinajstić information content (AvgIpc) is 3.19. The first-order chi connectivity index (χ1) is 28.0. The van der Waals surface area contributed by atoms with E-state index in [-0.39, 0.29) is 105 Å². The van der Waals surface area contributed by atoms with Crippen molar-refractivity contribution in [1.82, 2.24) is 41.8 Å². The van der Waals surface area contributed by atoms with Gasteiger partial charge in [0.05, 0.1) is 19.6 Å². The van der Waals surface area contributed by atoms with Crippen LogP contribution in [0.2, 0.25) is 0 Å². The van der Waals surface area contributed by atoms with Crippen molar-refractivity contribution in [2.45, 2.75) is 124 Å². The van der Waals surface area contributed by atoms with Crippen LogP contribution >= 0.6 is 0 Å². The molecular weight excluding hydrogens is 764 g/mol. The lowest BCUT2D eigenvalue weighted by molar-refractivity contribution is -0.128. The van der Waals surface area contributed by atoms with Gasteiger partial charge in [-0.25, -0.2) is 0 Å². The Labute approximate surface area is 354 Å². The van der Waals surface area contributed by atoms with E-state index in [9.17, 15) is 47.9 Å². The highest BCUT2D eigenvalue weighted by Gasteiger charge is 2.16. The van der Waals surface area contributed by atoms with E-state index >= 15 is 0 Å². The van der Waals surface area contributed by atoms with E-state index in [2.05, 4.69) is 21.2 Å². The minimum atomic E-state index is -0.627. The lowest BCUT2D eigenvalue weighted by Gasteiger charge is -2.19. The summed E-state index contributed by atoms with van der Waals surface area (Å²) in [6, 6.07) is 0. The summed E-state index contributed by atoms with van der Waals surface area (Å²) in [5, 5.41) is 16.0. The fourth-order valence-electron chi connectivity index (χ4n) is 4.31. The van der Waals surface area contributed by atoms with E-state index in [1.807, 2.05) is 29.5 Å². The lowest BCUT2D eigenvalue weighted by Crippen LogP contribution is -2.46. The summed E-state index contributed by atoms with van der Waals surface area (Å²) in [6.07, 6.45) is 8.05. The van der Waals surface area contributed by atoms with E-state index in [1.54, 1.807) is 6.92 Å². The molecule has 0 saturated carbocycles. The van der Waals surface area contributed by atoms with E-state index in [0.717, 1.165) is 25.7 Å². The highest BCUT2D eigenvalue weighted by atomic mass is 16.2. The third-order valence-electron chi connectivity index (χ3n) is 7.23. The van der Waals surface area contributed by atoms with Gasteiger partial charge in [-0.15, -0.1) is 0 Å². The second-order valence-electron chi connectivity index (χ2n) is 12.5. The van der Waals surface area contributed by atoms with Crippen LogP contribution in [-0.2, 0) is 47.9 Å². The van der Waals surface area contributed by atoms with Gasteiger partial charge in [0.25, 0.3) is 0 Å². The Morgan fingerprint density at radius 3 is 1.08 bits per heavy atom. The number of hydrogen-bond acceptors (Lipinski definition) is 11. The van der Waals surface area contributed by atoms with Crippen molar-refractivity contribution in [2.75, 3.05) is 39.3 Å². The molecule has 8 radical (unpaired) electrons. The van der Waals surface area contributed by atoms with Crippen molar-refractivity contribution in [3.63, 3.8) is 0 Å². The first kappa shape index (κ1) is 60.8. The van der Waals surface area contributed by atoms with E-state index in [0.29, 0.717) is 64.6 Å². The van der Waals surface area contributed by atoms with Crippen LogP contribution in [0.4, 0.5) is 0 Å². The molecule has 0 bridgehead atoms. The van der Waals surface area contributed by atoms with Crippen molar-refractivity contribution in [1.29, 1.82) is 0 Å². The maximum absolute atomic E-state index is 12.0. The van der Waals surface area contributed by atoms with Gasteiger partial charge < -0.3 is 53.1 Å². The van der Waals surface area contributed by atoms with Gasteiger partial charge in [0.2, 0.25) is 85.1 Å². The number of nitrogens with one attached hydrogen (secondary N) is 7. The minimum absolute atomic E-state index is 0.113. The number of carbonyl (C=O) groups is 10. The topological polar surface area (TPSA) is 310 Å². The van der Waals surface area contributed by atoms with Gasteiger partial charge in [-0.3, -0.25) is 48.1 Å². The van der Waals surface area contributed by atoms with Crippen LogP contribution in [-0.4, -0.2) is 135 Å². The molecule has 0 unspecified atom stereocenters. The van der Waals surface area contributed by atoms with Crippen LogP contribution < -0.4 is 48.3 Å². The number of carbonyl (C=O) groups excluding carboxylic acids is 10. The van der Waals surface area contributed by atoms with Gasteiger partial charge in [0, 0.05) is 64.6 Å². The lowest BCUT2D eigenvalue weighted by atomic mass is 10.1. The maximum atomic E-state index is 12.0. The highest BCUT2D eigenvalue weighted by Crippen LogP contribution is 2.01. The van der Waals surface area contributed by atoms with Gasteiger partial charge in [-0.05, 0) is 51.9 Å². The zero-order valence-electron chi connectivity index (χ0n) is 35.1. The summed E-state index contributed by atoms with van der Waals surface area (Å²) in [4.78, 5) is 112.